The number of methoxy groups -OCH3 is 4. The molecule has 1 aliphatic carbocycles. The second-order valence-electron chi connectivity index (χ2n) is 8.35. The van der Waals surface area contributed by atoms with E-state index in [1.54, 1.807) is 28.4 Å². The molecule has 0 saturated heterocycles. The first-order valence-electron chi connectivity index (χ1n) is 11.1. The van der Waals surface area contributed by atoms with E-state index >= 15 is 0 Å². The number of fused-ring (bicyclic) bond motifs is 9. The van der Waals surface area contributed by atoms with Crippen LogP contribution in [0.2, 0.25) is 0 Å². The Labute approximate surface area is 198 Å². The predicted octanol–water partition coefficient (Wildman–Crippen LogP) is 6.19. The van der Waals surface area contributed by atoms with Crippen LogP contribution in [-0.4, -0.2) is 28.4 Å². The van der Waals surface area contributed by atoms with E-state index in [0.717, 1.165) is 39.3 Å². The van der Waals surface area contributed by atoms with Crippen molar-refractivity contribution < 1.29 is 23.7 Å². The highest BCUT2D eigenvalue weighted by molar-refractivity contribution is 5.90. The third-order valence-electron chi connectivity index (χ3n) is 6.95. The summed E-state index contributed by atoms with van der Waals surface area (Å²) >= 11 is 0. The first kappa shape index (κ1) is 20.5. The lowest BCUT2D eigenvalue weighted by Crippen LogP contribution is -2.32. The normalized spacial score (nSPS) is 16.6. The molecule has 4 aromatic rings. The largest absolute Gasteiger partial charge is 0.493 e. The van der Waals surface area contributed by atoms with E-state index in [1.807, 2.05) is 24.3 Å². The third-order valence-corrected chi connectivity index (χ3v) is 6.95. The second kappa shape index (κ2) is 7.45. The fourth-order valence-electron chi connectivity index (χ4n) is 5.55. The lowest BCUT2D eigenvalue weighted by molar-refractivity contribution is 0.347. The van der Waals surface area contributed by atoms with Crippen molar-refractivity contribution in [1.29, 1.82) is 0 Å². The van der Waals surface area contributed by atoms with Crippen LogP contribution in [0.25, 0.3) is 11.1 Å². The summed E-state index contributed by atoms with van der Waals surface area (Å²) < 4.78 is 29.2. The summed E-state index contributed by atoms with van der Waals surface area (Å²) in [4.78, 5) is 0. The maximum atomic E-state index is 6.45. The van der Waals surface area contributed by atoms with Gasteiger partial charge in [-0.1, -0.05) is 42.5 Å². The van der Waals surface area contributed by atoms with Gasteiger partial charge in [-0.3, -0.25) is 0 Å². The van der Waals surface area contributed by atoms with Crippen molar-refractivity contribution in [1.82, 2.24) is 0 Å². The zero-order chi connectivity index (χ0) is 23.4. The maximum absolute atomic E-state index is 6.45. The summed E-state index contributed by atoms with van der Waals surface area (Å²) in [6, 6.07) is 24.8. The molecule has 6 rings (SSSR count). The summed E-state index contributed by atoms with van der Waals surface area (Å²) in [6.45, 7) is 0. The molecule has 5 heteroatoms. The van der Waals surface area contributed by atoms with Gasteiger partial charge in [-0.15, -0.1) is 0 Å². The fourth-order valence-corrected chi connectivity index (χ4v) is 5.55. The summed E-state index contributed by atoms with van der Waals surface area (Å²) in [6.07, 6.45) is 0. The monoisotopic (exact) mass is 452 g/mol. The maximum Gasteiger partial charge on any atom is 0.164 e. The molecule has 1 heterocycles. The molecule has 1 spiro atoms. The van der Waals surface area contributed by atoms with Gasteiger partial charge < -0.3 is 23.7 Å². The molecule has 0 bridgehead atoms. The average Bonchev–Trinajstić information content (AvgIpc) is 3.17. The first-order valence-corrected chi connectivity index (χ1v) is 11.1. The van der Waals surface area contributed by atoms with Crippen molar-refractivity contribution in [2.24, 2.45) is 0 Å². The number of rotatable bonds is 4. The van der Waals surface area contributed by atoms with Gasteiger partial charge >= 0.3 is 0 Å². The smallest absolute Gasteiger partial charge is 0.164 e. The molecule has 1 unspecified atom stereocenters. The van der Waals surface area contributed by atoms with Gasteiger partial charge in [-0.05, 0) is 46.5 Å². The molecule has 5 nitrogen and oxygen atoms in total. The zero-order valence-corrected chi connectivity index (χ0v) is 19.5. The van der Waals surface area contributed by atoms with Crippen molar-refractivity contribution in [2.75, 3.05) is 28.4 Å². The Hall–Kier alpha value is -4.12. The van der Waals surface area contributed by atoms with Crippen molar-refractivity contribution >= 4 is 0 Å². The van der Waals surface area contributed by atoms with Gasteiger partial charge in [0.2, 0.25) is 0 Å². The fraction of sp³-hybridized carbons (Fsp3) is 0.172. The summed E-state index contributed by atoms with van der Waals surface area (Å²) in [5, 5.41) is 0. The molecule has 0 N–H and O–H groups in total. The molecule has 4 aromatic carbocycles. The number of hydrogen-bond donors (Lipinski definition) is 0. The molecule has 0 radical (unpaired) electrons. The van der Waals surface area contributed by atoms with Gasteiger partial charge in [0.15, 0.2) is 23.0 Å². The van der Waals surface area contributed by atoms with Crippen molar-refractivity contribution in [2.45, 2.75) is 5.41 Å². The highest BCUT2D eigenvalue weighted by Crippen LogP contribution is 2.64. The minimum absolute atomic E-state index is 0.620. The zero-order valence-electron chi connectivity index (χ0n) is 19.5. The molecule has 0 amide bonds. The van der Waals surface area contributed by atoms with Gasteiger partial charge in [0.1, 0.15) is 11.5 Å². The quantitative estimate of drug-likeness (QED) is 0.319. The Balaban J connectivity index is 1.81. The molecule has 170 valence electrons. The molecule has 1 atom stereocenters. The van der Waals surface area contributed by atoms with Gasteiger partial charge in [-0.2, -0.15) is 0 Å². The summed E-state index contributed by atoms with van der Waals surface area (Å²) in [5.41, 5.74) is 5.95. The van der Waals surface area contributed by atoms with Crippen LogP contribution in [0.1, 0.15) is 22.3 Å². The molecule has 34 heavy (non-hydrogen) atoms. The van der Waals surface area contributed by atoms with E-state index in [9.17, 15) is 0 Å². The first-order chi connectivity index (χ1) is 16.7. The van der Waals surface area contributed by atoms with Crippen LogP contribution in [0.15, 0.2) is 72.8 Å². The highest BCUT2D eigenvalue weighted by Gasteiger charge is 2.52. The number of para-hydroxylation sites is 1. The minimum atomic E-state index is -0.630. The van der Waals surface area contributed by atoms with Gasteiger partial charge in [0.05, 0.1) is 33.9 Å². The molecule has 0 aromatic heterocycles. The summed E-state index contributed by atoms with van der Waals surface area (Å²) in [7, 11) is 6.61. The lowest BCUT2D eigenvalue weighted by Gasteiger charge is -2.39. The minimum Gasteiger partial charge on any atom is -0.493 e. The van der Waals surface area contributed by atoms with Crippen LogP contribution >= 0.6 is 0 Å². The van der Waals surface area contributed by atoms with Crippen LogP contribution in [0.3, 0.4) is 0 Å². The molecule has 2 aliphatic rings. The van der Waals surface area contributed by atoms with Crippen molar-refractivity contribution in [3.63, 3.8) is 0 Å². The van der Waals surface area contributed by atoms with Gasteiger partial charge in [0, 0.05) is 17.2 Å². The Bertz CT molecular complexity index is 1440. The molecule has 0 fully saturated rings. The molecule has 1 aliphatic heterocycles. The molecular formula is C29H24O5. The molecule has 0 saturated carbocycles. The Morgan fingerprint density at radius 1 is 0.500 bits per heavy atom. The SMILES string of the molecule is COc1cc2c(cc1OC)C1(c3ccccc3O2)c2ccccc2-c2cc(OC)c(OC)cc21. The van der Waals surface area contributed by atoms with Gasteiger partial charge in [0.25, 0.3) is 0 Å². The molecular weight excluding hydrogens is 428 g/mol. The number of hydrogen-bond acceptors (Lipinski definition) is 5. The predicted molar refractivity (Wildman–Crippen MR) is 130 cm³/mol. The second-order valence-corrected chi connectivity index (χ2v) is 8.35. The third kappa shape index (κ3) is 2.49. The van der Waals surface area contributed by atoms with E-state index in [-0.39, 0.29) is 0 Å². The topological polar surface area (TPSA) is 46.2 Å². The number of benzene rings is 4. The van der Waals surface area contributed by atoms with E-state index in [1.165, 1.54) is 5.56 Å². The van der Waals surface area contributed by atoms with E-state index in [2.05, 4.69) is 48.5 Å². The highest BCUT2D eigenvalue weighted by atomic mass is 16.5. The number of ether oxygens (including phenoxy) is 5. The van der Waals surface area contributed by atoms with E-state index in [0.29, 0.717) is 23.0 Å². The average molecular weight is 453 g/mol. The standard InChI is InChI=1S/C29H24O5/c1-30-25-13-18-17-9-5-6-10-19(17)29(21(18)14-26(25)31-2)20-11-7-8-12-23(20)34-24-16-28(33-4)27(32-3)15-22(24)29/h5-16H,1-4H3. The van der Waals surface area contributed by atoms with Crippen LogP contribution in [0, 0.1) is 0 Å². The van der Waals surface area contributed by atoms with Crippen molar-refractivity contribution in [3.8, 4) is 45.6 Å². The van der Waals surface area contributed by atoms with Crippen LogP contribution in [-0.2, 0) is 5.41 Å². The van der Waals surface area contributed by atoms with Crippen LogP contribution in [0.4, 0.5) is 0 Å². The summed E-state index contributed by atoms with van der Waals surface area (Å²) in [5.74, 6) is 4.18. The Kier molecular flexibility index (Phi) is 4.49. The Morgan fingerprint density at radius 3 is 1.76 bits per heavy atom. The van der Waals surface area contributed by atoms with E-state index < -0.39 is 5.41 Å². The van der Waals surface area contributed by atoms with Crippen LogP contribution < -0.4 is 23.7 Å². The van der Waals surface area contributed by atoms with Crippen LogP contribution in [0.5, 0.6) is 34.5 Å². The lowest BCUT2D eigenvalue weighted by atomic mass is 9.66. The Morgan fingerprint density at radius 2 is 1.06 bits per heavy atom. The van der Waals surface area contributed by atoms with Crippen molar-refractivity contribution in [3.05, 3.63) is 95.1 Å². The van der Waals surface area contributed by atoms with Gasteiger partial charge in [-0.25, -0.2) is 0 Å². The van der Waals surface area contributed by atoms with E-state index in [4.69, 9.17) is 23.7 Å².